The minimum Gasteiger partial charge on any atom is -0.462 e. The smallest absolute Gasteiger partial charge is 0.306 e. The van der Waals surface area contributed by atoms with Gasteiger partial charge in [0.15, 0.2) is 0 Å². The minimum atomic E-state index is -0.138. The molecule has 0 aromatic rings. The minimum absolute atomic E-state index is 0.00273. The van der Waals surface area contributed by atoms with Crippen LogP contribution in [0.1, 0.15) is 376 Å². The first-order valence-electron chi connectivity index (χ1n) is 33.8. The van der Waals surface area contributed by atoms with Crippen LogP contribution in [0.25, 0.3) is 0 Å². The molecule has 0 bridgehead atoms. The van der Waals surface area contributed by atoms with Crippen molar-refractivity contribution in [1.82, 2.24) is 0 Å². The summed E-state index contributed by atoms with van der Waals surface area (Å²) in [6.07, 6.45) is 61.6. The normalized spacial score (nSPS) is 22.3. The highest BCUT2D eigenvalue weighted by Crippen LogP contribution is 2.33. The maximum atomic E-state index is 11.1. The summed E-state index contributed by atoms with van der Waals surface area (Å²) in [5, 5.41) is 0. The van der Waals surface area contributed by atoms with Crippen LogP contribution in [-0.4, -0.2) is 59.4 Å². The lowest BCUT2D eigenvalue weighted by Gasteiger charge is -2.22. The summed E-state index contributed by atoms with van der Waals surface area (Å²) in [4.78, 5) is 54.8. The molecule has 5 rings (SSSR count). The van der Waals surface area contributed by atoms with Crippen LogP contribution in [0.15, 0.2) is 0 Å². The molecule has 10 nitrogen and oxygen atoms in total. The maximum Gasteiger partial charge on any atom is 0.306 e. The fraction of sp³-hybridized carbons (Fsp3) is 0.926. The Balaban J connectivity index is 0.000000488. The molecule has 5 unspecified atom stereocenters. The molecule has 5 saturated heterocycles. The Labute approximate surface area is 481 Å². The van der Waals surface area contributed by atoms with Crippen molar-refractivity contribution >= 4 is 29.8 Å². The molecule has 0 aliphatic carbocycles. The highest BCUT2D eigenvalue weighted by molar-refractivity contribution is 5.73. The van der Waals surface area contributed by atoms with Crippen LogP contribution < -0.4 is 0 Å². The second kappa shape index (κ2) is 50.1. The van der Waals surface area contributed by atoms with Gasteiger partial charge in [-0.3, -0.25) is 24.0 Å². The third kappa shape index (κ3) is 43.1. The van der Waals surface area contributed by atoms with Crippen LogP contribution in [0.2, 0.25) is 0 Å². The molecular weight excluding hydrogens is 977 g/mol. The van der Waals surface area contributed by atoms with Crippen LogP contribution in [0, 0.1) is 0 Å². The molecule has 458 valence electrons. The number of hydrogen-bond donors (Lipinski definition) is 0. The van der Waals surface area contributed by atoms with E-state index in [0.29, 0.717) is 32.1 Å². The average Bonchev–Trinajstić information content (AvgIpc) is 4.22. The van der Waals surface area contributed by atoms with E-state index in [9.17, 15) is 24.0 Å². The van der Waals surface area contributed by atoms with Gasteiger partial charge in [0, 0.05) is 32.1 Å². The van der Waals surface area contributed by atoms with Crippen LogP contribution in [0.5, 0.6) is 0 Å². The van der Waals surface area contributed by atoms with Crippen LogP contribution in [0.3, 0.4) is 0 Å². The molecule has 0 spiro atoms. The van der Waals surface area contributed by atoms with E-state index < -0.39 is 0 Å². The van der Waals surface area contributed by atoms with Crippen molar-refractivity contribution in [2.45, 2.75) is 405 Å². The van der Waals surface area contributed by atoms with Gasteiger partial charge in [0.1, 0.15) is 29.5 Å². The van der Waals surface area contributed by atoms with Gasteiger partial charge in [-0.1, -0.05) is 227 Å². The molecule has 5 atom stereocenters. The molecule has 10 heteroatoms. The van der Waals surface area contributed by atoms with Crippen molar-refractivity contribution in [3.8, 4) is 0 Å². The topological polar surface area (TPSA) is 132 Å². The summed E-state index contributed by atoms with van der Waals surface area (Å²) in [5.41, 5.74) is -0.275. The quantitative estimate of drug-likeness (QED) is 0.0332. The monoisotopic (exact) mass is 1100 g/mol. The van der Waals surface area contributed by atoms with Gasteiger partial charge < -0.3 is 23.7 Å². The predicted octanol–water partition coefficient (Wildman–Crippen LogP) is 20.3. The Morgan fingerprint density at radius 3 is 0.821 bits per heavy atom. The summed E-state index contributed by atoms with van der Waals surface area (Å²) in [5.74, 6) is 0.000589. The van der Waals surface area contributed by atoms with Gasteiger partial charge in [-0.15, -0.1) is 0 Å². The SMILES string of the molecule is CCCCCCCCC1(C)CCC(=O)O1.CCCCCCCCCC1(C)CCC(=O)O1.CCCCCCCCCC1CCC(=O)O1.CCCCCCCCCC1CCCC(=O)O1.CCCCCCCCCCC1CCC(=O)O1. The summed E-state index contributed by atoms with van der Waals surface area (Å²) in [6.45, 7) is 15.4. The Morgan fingerprint density at radius 2 is 0.564 bits per heavy atom. The predicted molar refractivity (Wildman–Crippen MR) is 322 cm³/mol. The number of rotatable bonds is 40. The number of unbranched alkanes of at least 4 members (excludes halogenated alkanes) is 30. The third-order valence-electron chi connectivity index (χ3n) is 16.6. The number of ether oxygens (including phenoxy) is 5. The number of carbonyl (C=O) groups excluding carboxylic acids is 5. The largest absolute Gasteiger partial charge is 0.462 e. The van der Waals surface area contributed by atoms with Crippen LogP contribution in [0.4, 0.5) is 0 Å². The van der Waals surface area contributed by atoms with Gasteiger partial charge in [0.05, 0.1) is 0 Å². The lowest BCUT2D eigenvalue weighted by Crippen LogP contribution is -2.23. The first-order chi connectivity index (χ1) is 37.8. The lowest BCUT2D eigenvalue weighted by atomic mass is 9.95. The third-order valence-corrected chi connectivity index (χ3v) is 16.6. The molecule has 0 radical (unpaired) electrons. The number of cyclic esters (lactones) is 5. The van der Waals surface area contributed by atoms with Crippen molar-refractivity contribution in [3.05, 3.63) is 0 Å². The lowest BCUT2D eigenvalue weighted by molar-refractivity contribution is -0.154. The molecule has 5 aliphatic rings. The van der Waals surface area contributed by atoms with Gasteiger partial charge in [-0.25, -0.2) is 0 Å². The van der Waals surface area contributed by atoms with E-state index in [2.05, 4.69) is 48.5 Å². The summed E-state index contributed by atoms with van der Waals surface area (Å²) in [6, 6.07) is 0. The highest BCUT2D eigenvalue weighted by Gasteiger charge is 2.36. The van der Waals surface area contributed by atoms with Crippen molar-refractivity contribution in [2.24, 2.45) is 0 Å². The van der Waals surface area contributed by atoms with E-state index in [4.69, 9.17) is 23.7 Å². The fourth-order valence-corrected chi connectivity index (χ4v) is 11.3. The fourth-order valence-electron chi connectivity index (χ4n) is 11.3. The molecule has 0 N–H and O–H groups in total. The first kappa shape index (κ1) is 73.4. The van der Waals surface area contributed by atoms with Crippen molar-refractivity contribution in [2.75, 3.05) is 0 Å². The Bertz CT molecular complexity index is 1460. The van der Waals surface area contributed by atoms with E-state index in [-0.39, 0.29) is 59.4 Å². The van der Waals surface area contributed by atoms with E-state index >= 15 is 0 Å². The Morgan fingerprint density at radius 1 is 0.308 bits per heavy atom. The van der Waals surface area contributed by atoms with E-state index in [1.165, 1.54) is 225 Å². The molecule has 5 aliphatic heterocycles. The maximum absolute atomic E-state index is 11.1. The summed E-state index contributed by atoms with van der Waals surface area (Å²) in [7, 11) is 0. The van der Waals surface area contributed by atoms with E-state index in [0.717, 1.165) is 70.6 Å². The van der Waals surface area contributed by atoms with Gasteiger partial charge >= 0.3 is 29.8 Å². The molecule has 0 aromatic carbocycles. The van der Waals surface area contributed by atoms with Crippen LogP contribution >= 0.6 is 0 Å². The number of carbonyl (C=O) groups is 5. The average molecular weight is 1100 g/mol. The van der Waals surface area contributed by atoms with Crippen molar-refractivity contribution in [1.29, 1.82) is 0 Å². The Hall–Kier alpha value is -2.65. The zero-order valence-electron chi connectivity index (χ0n) is 52.4. The first-order valence-corrected chi connectivity index (χ1v) is 33.8. The second-order valence-corrected chi connectivity index (χ2v) is 24.6. The van der Waals surface area contributed by atoms with E-state index in [1.807, 2.05) is 0 Å². The zero-order valence-corrected chi connectivity index (χ0v) is 52.4. The summed E-state index contributed by atoms with van der Waals surface area (Å²) < 4.78 is 26.3. The van der Waals surface area contributed by atoms with E-state index in [1.54, 1.807) is 0 Å². The molecule has 0 aromatic heterocycles. The summed E-state index contributed by atoms with van der Waals surface area (Å²) >= 11 is 0. The van der Waals surface area contributed by atoms with Gasteiger partial charge in [-0.2, -0.15) is 0 Å². The molecule has 5 fully saturated rings. The van der Waals surface area contributed by atoms with Gasteiger partial charge in [-0.05, 0) is 117 Å². The Kier molecular flexibility index (Phi) is 47.1. The number of hydrogen-bond acceptors (Lipinski definition) is 10. The molecule has 78 heavy (non-hydrogen) atoms. The molecule has 0 amide bonds. The van der Waals surface area contributed by atoms with Crippen LogP contribution in [-0.2, 0) is 47.7 Å². The van der Waals surface area contributed by atoms with Crippen molar-refractivity contribution in [3.63, 3.8) is 0 Å². The standard InChI is InChI=1S/3C14H26O2.2C13H24O2/c1-3-4-5-6-7-8-9-11-14(2)12-10-13(15)16-14;1-2-3-4-5-6-7-8-10-13-11-9-12-14(15)16-13;1-2-3-4-5-6-7-8-9-10-13-11-12-14(15)16-13;1-3-4-5-6-7-8-10-13(2)11-9-12(14)15-13;1-2-3-4-5-6-7-8-9-12-10-11-13(14)15-12/h3-12H2,1-2H3;2*13H,2-12H2,1H3;3-11H2,1-2H3;12H,2-11H2,1H3. The zero-order chi connectivity index (χ0) is 57.2. The highest BCUT2D eigenvalue weighted by atomic mass is 16.6. The van der Waals surface area contributed by atoms with Gasteiger partial charge in [0.25, 0.3) is 0 Å². The number of esters is 5. The molecule has 0 saturated carbocycles. The van der Waals surface area contributed by atoms with Gasteiger partial charge in [0.2, 0.25) is 0 Å². The molecular formula is C68H126O10. The second-order valence-electron chi connectivity index (χ2n) is 24.6. The van der Waals surface area contributed by atoms with Crippen molar-refractivity contribution < 1.29 is 47.7 Å². The molecule has 5 heterocycles.